The van der Waals surface area contributed by atoms with Crippen molar-refractivity contribution < 1.29 is 9.84 Å². The maximum atomic E-state index is 10.7. The van der Waals surface area contributed by atoms with Crippen LogP contribution < -0.4 is 0 Å². The molecule has 6 atom stereocenters. The van der Waals surface area contributed by atoms with Crippen molar-refractivity contribution in [2.75, 3.05) is 0 Å². The molecule has 0 aromatic rings. The summed E-state index contributed by atoms with van der Waals surface area (Å²) in [7, 11) is 0. The molecular weight excluding hydrogens is 260 g/mol. The van der Waals surface area contributed by atoms with Crippen molar-refractivity contribution >= 4 is 0 Å². The third kappa shape index (κ3) is 2.73. The van der Waals surface area contributed by atoms with Gasteiger partial charge in [0.25, 0.3) is 0 Å². The molecule has 1 saturated carbocycles. The van der Waals surface area contributed by atoms with Gasteiger partial charge in [0.2, 0.25) is 0 Å². The Balaban J connectivity index is 1.96. The van der Waals surface area contributed by atoms with E-state index in [4.69, 9.17) is 4.74 Å². The highest BCUT2D eigenvalue weighted by molar-refractivity contribution is 5.18. The zero-order valence-electron chi connectivity index (χ0n) is 13.7. The van der Waals surface area contributed by atoms with Gasteiger partial charge in [0.15, 0.2) is 0 Å². The van der Waals surface area contributed by atoms with E-state index in [-0.39, 0.29) is 18.3 Å². The molecule has 118 valence electrons. The molecule has 0 aromatic heterocycles. The van der Waals surface area contributed by atoms with Crippen LogP contribution >= 0.6 is 0 Å². The van der Waals surface area contributed by atoms with Crippen molar-refractivity contribution in [2.24, 2.45) is 23.7 Å². The molecule has 3 aliphatic rings. The standard InChI is InChI=1S/C19H30O2/c1-11(2)14-9-8-13(4)17-16-10-12(3)6-5-7-15(20)19(21-16)18(14)17/h6,11,14-20H,4-5,7-10H2,1-3H3/b12-6+/t14-,15+,16-,17-,18-,19+/m1/s1. The number of fused-ring (bicyclic) bond motifs is 5. The molecule has 3 rings (SSSR count). The Labute approximate surface area is 129 Å². The van der Waals surface area contributed by atoms with Crippen LogP contribution in [0.2, 0.25) is 0 Å². The second kappa shape index (κ2) is 5.89. The summed E-state index contributed by atoms with van der Waals surface area (Å²) in [6.07, 6.45) is 7.38. The third-order valence-corrected chi connectivity index (χ3v) is 6.01. The van der Waals surface area contributed by atoms with E-state index in [1.165, 1.54) is 17.6 Å². The van der Waals surface area contributed by atoms with Gasteiger partial charge >= 0.3 is 0 Å². The molecule has 1 saturated heterocycles. The lowest BCUT2D eigenvalue weighted by molar-refractivity contribution is -0.0579. The first kappa shape index (κ1) is 15.3. The van der Waals surface area contributed by atoms with Crippen LogP contribution in [-0.4, -0.2) is 23.4 Å². The lowest BCUT2D eigenvalue weighted by atomic mass is 9.62. The normalized spacial score (nSPS) is 46.3. The number of hydrogen-bond acceptors (Lipinski definition) is 2. The van der Waals surface area contributed by atoms with E-state index in [9.17, 15) is 5.11 Å². The van der Waals surface area contributed by atoms with Crippen molar-refractivity contribution in [1.82, 2.24) is 0 Å². The van der Waals surface area contributed by atoms with E-state index in [2.05, 4.69) is 33.4 Å². The van der Waals surface area contributed by atoms with Crippen molar-refractivity contribution in [3.8, 4) is 0 Å². The summed E-state index contributed by atoms with van der Waals surface area (Å²) in [4.78, 5) is 0. The van der Waals surface area contributed by atoms with E-state index < -0.39 is 0 Å². The van der Waals surface area contributed by atoms with Crippen molar-refractivity contribution in [2.45, 2.75) is 71.2 Å². The largest absolute Gasteiger partial charge is 0.390 e. The first-order chi connectivity index (χ1) is 9.99. The van der Waals surface area contributed by atoms with Crippen LogP contribution in [0.15, 0.2) is 23.8 Å². The van der Waals surface area contributed by atoms with Crippen LogP contribution in [-0.2, 0) is 4.74 Å². The first-order valence-corrected chi connectivity index (χ1v) is 8.66. The van der Waals surface area contributed by atoms with Crippen LogP contribution in [0.3, 0.4) is 0 Å². The van der Waals surface area contributed by atoms with Crippen molar-refractivity contribution in [3.63, 3.8) is 0 Å². The molecule has 1 N–H and O–H groups in total. The van der Waals surface area contributed by atoms with Crippen LogP contribution in [0.25, 0.3) is 0 Å². The fourth-order valence-electron chi connectivity index (χ4n) is 4.95. The summed E-state index contributed by atoms with van der Waals surface area (Å²) < 4.78 is 6.41. The Hall–Kier alpha value is -0.600. The van der Waals surface area contributed by atoms with Gasteiger partial charge in [-0.3, -0.25) is 0 Å². The fraction of sp³-hybridized carbons (Fsp3) is 0.789. The SMILES string of the molecule is C=C1CC[C@H](C(C)C)[C@H]2[C@H]3O[C@H](C/C(C)=C/CC[C@@H]3O)[C@@H]12. The molecule has 2 heterocycles. The highest BCUT2D eigenvalue weighted by Gasteiger charge is 2.53. The Morgan fingerprint density at radius 2 is 2.10 bits per heavy atom. The number of ether oxygens (including phenoxy) is 1. The molecule has 0 radical (unpaired) electrons. The smallest absolute Gasteiger partial charge is 0.0875 e. The van der Waals surface area contributed by atoms with Crippen molar-refractivity contribution in [1.29, 1.82) is 0 Å². The quantitative estimate of drug-likeness (QED) is 0.737. The average Bonchev–Trinajstić information content (AvgIpc) is 2.80. The molecular formula is C19H30O2. The topological polar surface area (TPSA) is 29.5 Å². The Morgan fingerprint density at radius 3 is 2.81 bits per heavy atom. The summed E-state index contributed by atoms with van der Waals surface area (Å²) in [6, 6.07) is 0. The van der Waals surface area contributed by atoms with Crippen LogP contribution in [0.5, 0.6) is 0 Å². The summed E-state index contributed by atoms with van der Waals surface area (Å²) in [5.41, 5.74) is 2.78. The van der Waals surface area contributed by atoms with Gasteiger partial charge in [0.1, 0.15) is 0 Å². The van der Waals surface area contributed by atoms with Crippen LogP contribution in [0, 0.1) is 23.7 Å². The molecule has 0 aromatic carbocycles. The van der Waals surface area contributed by atoms with Gasteiger partial charge in [-0.25, -0.2) is 0 Å². The molecule has 0 spiro atoms. The summed E-state index contributed by atoms with van der Waals surface area (Å²) >= 11 is 0. The van der Waals surface area contributed by atoms with Crippen LogP contribution in [0.4, 0.5) is 0 Å². The Bertz CT molecular complexity index is 437. The second-order valence-corrected chi connectivity index (χ2v) is 7.75. The third-order valence-electron chi connectivity index (χ3n) is 6.01. The maximum absolute atomic E-state index is 10.7. The zero-order valence-corrected chi connectivity index (χ0v) is 13.7. The molecule has 2 fully saturated rings. The summed E-state index contributed by atoms with van der Waals surface area (Å²) in [5.74, 6) is 2.24. The van der Waals surface area contributed by atoms with Gasteiger partial charge in [0.05, 0.1) is 18.3 Å². The van der Waals surface area contributed by atoms with E-state index >= 15 is 0 Å². The van der Waals surface area contributed by atoms with E-state index in [0.717, 1.165) is 25.7 Å². The maximum Gasteiger partial charge on any atom is 0.0875 e. The molecule has 1 aliphatic carbocycles. The van der Waals surface area contributed by atoms with Gasteiger partial charge in [-0.2, -0.15) is 0 Å². The molecule has 2 bridgehead atoms. The summed E-state index contributed by atoms with van der Waals surface area (Å²) in [6.45, 7) is 11.2. The summed E-state index contributed by atoms with van der Waals surface area (Å²) in [5, 5.41) is 10.7. The van der Waals surface area contributed by atoms with Crippen molar-refractivity contribution in [3.05, 3.63) is 23.8 Å². The number of hydrogen-bond donors (Lipinski definition) is 1. The molecule has 2 heteroatoms. The number of allylic oxidation sites excluding steroid dienone is 1. The Kier molecular flexibility index (Phi) is 4.29. The molecule has 0 unspecified atom stereocenters. The van der Waals surface area contributed by atoms with Gasteiger partial charge in [0, 0.05) is 5.92 Å². The highest BCUT2D eigenvalue weighted by Crippen LogP contribution is 2.52. The average molecular weight is 290 g/mol. The molecule has 2 aliphatic heterocycles. The second-order valence-electron chi connectivity index (χ2n) is 7.75. The first-order valence-electron chi connectivity index (χ1n) is 8.66. The lowest BCUT2D eigenvalue weighted by Gasteiger charge is -2.41. The monoisotopic (exact) mass is 290 g/mol. The Morgan fingerprint density at radius 1 is 1.33 bits per heavy atom. The van der Waals surface area contributed by atoms with E-state index in [1.54, 1.807) is 0 Å². The van der Waals surface area contributed by atoms with Gasteiger partial charge in [-0.15, -0.1) is 0 Å². The predicted octanol–water partition coefficient (Wildman–Crippen LogP) is 4.10. The minimum absolute atomic E-state index is 0.0174. The molecule has 0 amide bonds. The van der Waals surface area contributed by atoms with Gasteiger partial charge < -0.3 is 9.84 Å². The molecule has 21 heavy (non-hydrogen) atoms. The lowest BCUT2D eigenvalue weighted by Crippen LogP contribution is -2.41. The van der Waals surface area contributed by atoms with E-state index in [1.807, 2.05) is 0 Å². The van der Waals surface area contributed by atoms with Gasteiger partial charge in [-0.05, 0) is 56.8 Å². The number of rotatable bonds is 1. The number of aliphatic hydroxyl groups is 1. The minimum atomic E-state index is -0.322. The van der Waals surface area contributed by atoms with Gasteiger partial charge in [-0.1, -0.05) is 37.6 Å². The fourth-order valence-corrected chi connectivity index (χ4v) is 4.95. The van der Waals surface area contributed by atoms with Crippen LogP contribution in [0.1, 0.15) is 52.9 Å². The highest BCUT2D eigenvalue weighted by atomic mass is 16.5. The van der Waals surface area contributed by atoms with E-state index in [0.29, 0.717) is 23.7 Å². The predicted molar refractivity (Wildman–Crippen MR) is 86.0 cm³/mol. The zero-order chi connectivity index (χ0) is 15.1. The minimum Gasteiger partial charge on any atom is -0.390 e. The number of aliphatic hydroxyl groups excluding tert-OH is 1. The molecule has 2 nitrogen and oxygen atoms in total.